The van der Waals surface area contributed by atoms with Crippen molar-refractivity contribution < 1.29 is 14.7 Å². The van der Waals surface area contributed by atoms with Crippen molar-refractivity contribution in [2.75, 3.05) is 0 Å². The predicted molar refractivity (Wildman–Crippen MR) is 47.9 cm³/mol. The smallest absolute Gasteiger partial charge is 0.310 e. The first kappa shape index (κ1) is 9.45. The van der Waals surface area contributed by atoms with E-state index in [1.807, 2.05) is 0 Å². The van der Waals surface area contributed by atoms with Crippen molar-refractivity contribution in [2.45, 2.75) is 12.8 Å². The molecule has 3 nitrogen and oxygen atoms in total. The molecule has 1 unspecified atom stereocenters. The molecule has 1 aromatic carbocycles. The van der Waals surface area contributed by atoms with Gasteiger partial charge < -0.3 is 5.11 Å². The maximum absolute atomic E-state index is 10.6. The van der Waals surface area contributed by atoms with Crippen molar-refractivity contribution in [2.24, 2.45) is 0 Å². The molecule has 0 saturated carbocycles. The number of benzene rings is 1. The molecule has 0 spiro atoms. The van der Waals surface area contributed by atoms with E-state index in [0.29, 0.717) is 11.1 Å². The van der Waals surface area contributed by atoms with Crippen molar-refractivity contribution >= 4 is 12.3 Å². The van der Waals surface area contributed by atoms with Crippen molar-refractivity contribution in [1.82, 2.24) is 0 Å². The second-order valence-corrected chi connectivity index (χ2v) is 2.84. The van der Waals surface area contributed by atoms with Crippen LogP contribution >= 0.6 is 0 Å². The van der Waals surface area contributed by atoms with Crippen LogP contribution in [0.4, 0.5) is 0 Å². The summed E-state index contributed by atoms with van der Waals surface area (Å²) in [6.07, 6.45) is 0.731. The van der Waals surface area contributed by atoms with Gasteiger partial charge in [-0.1, -0.05) is 24.3 Å². The summed E-state index contributed by atoms with van der Waals surface area (Å²) in [6, 6.07) is 6.54. The summed E-state index contributed by atoms with van der Waals surface area (Å²) in [4.78, 5) is 20.9. The molecule has 0 aliphatic heterocycles. The van der Waals surface area contributed by atoms with Gasteiger partial charge >= 0.3 is 5.97 Å². The number of hydrogen-bond donors (Lipinski definition) is 1. The first-order valence-electron chi connectivity index (χ1n) is 3.93. The first-order valence-corrected chi connectivity index (χ1v) is 3.93. The van der Waals surface area contributed by atoms with Gasteiger partial charge in [0.05, 0.1) is 5.92 Å². The Balaban J connectivity index is 2.91. The Morgan fingerprint density at radius 1 is 1.38 bits per heavy atom. The Kier molecular flexibility index (Phi) is 2.80. The molecule has 0 aliphatic rings. The van der Waals surface area contributed by atoms with Gasteiger partial charge in [-0.15, -0.1) is 0 Å². The number of carboxylic acid groups (broad SMARTS) is 1. The molecule has 0 aliphatic carbocycles. The van der Waals surface area contributed by atoms with E-state index in [4.69, 9.17) is 5.11 Å². The minimum absolute atomic E-state index is 0.527. The molecule has 0 aromatic heterocycles. The van der Waals surface area contributed by atoms with Gasteiger partial charge in [-0.25, -0.2) is 0 Å². The topological polar surface area (TPSA) is 54.4 Å². The molecular formula is C10H10O3. The average molecular weight is 178 g/mol. The number of carboxylic acids is 1. The summed E-state index contributed by atoms with van der Waals surface area (Å²) < 4.78 is 0. The first-order chi connectivity index (χ1) is 6.15. The highest BCUT2D eigenvalue weighted by atomic mass is 16.4. The third kappa shape index (κ3) is 2.15. The average Bonchev–Trinajstić information content (AvgIpc) is 2.17. The molecule has 0 saturated heterocycles. The molecule has 0 fully saturated rings. The summed E-state index contributed by atoms with van der Waals surface area (Å²) >= 11 is 0. The van der Waals surface area contributed by atoms with Crippen LogP contribution in [0.1, 0.15) is 28.8 Å². The van der Waals surface area contributed by atoms with E-state index in [1.54, 1.807) is 31.2 Å². The van der Waals surface area contributed by atoms with Crippen LogP contribution in [0.2, 0.25) is 0 Å². The molecule has 13 heavy (non-hydrogen) atoms. The highest BCUT2D eigenvalue weighted by Gasteiger charge is 2.12. The van der Waals surface area contributed by atoms with Crippen LogP contribution in [0, 0.1) is 0 Å². The number of carbonyl (C=O) groups excluding carboxylic acids is 1. The number of aliphatic carboxylic acids is 1. The summed E-state index contributed by atoms with van der Waals surface area (Å²) in [7, 11) is 0. The SMILES string of the molecule is CC(C(=O)O)c1ccc(C=O)cc1. The standard InChI is InChI=1S/C10H10O3/c1-7(10(12)13)9-4-2-8(6-11)3-5-9/h2-7H,1H3,(H,12,13). The maximum Gasteiger partial charge on any atom is 0.310 e. The van der Waals surface area contributed by atoms with E-state index in [1.165, 1.54) is 0 Å². The van der Waals surface area contributed by atoms with Gasteiger partial charge in [-0.3, -0.25) is 9.59 Å². The van der Waals surface area contributed by atoms with Crippen molar-refractivity contribution in [3.63, 3.8) is 0 Å². The highest BCUT2D eigenvalue weighted by Crippen LogP contribution is 2.15. The molecule has 1 atom stereocenters. The third-order valence-corrected chi connectivity index (χ3v) is 1.94. The lowest BCUT2D eigenvalue weighted by molar-refractivity contribution is -0.138. The van der Waals surface area contributed by atoms with Crippen LogP contribution in [0.5, 0.6) is 0 Å². The summed E-state index contributed by atoms with van der Waals surface area (Å²) in [5.41, 5.74) is 1.26. The zero-order valence-corrected chi connectivity index (χ0v) is 7.23. The lowest BCUT2D eigenvalue weighted by Gasteiger charge is -2.05. The maximum atomic E-state index is 10.6. The minimum atomic E-state index is -0.862. The second kappa shape index (κ2) is 3.85. The van der Waals surface area contributed by atoms with Gasteiger partial charge in [0.25, 0.3) is 0 Å². The Hall–Kier alpha value is -1.64. The van der Waals surface area contributed by atoms with Gasteiger partial charge in [0.1, 0.15) is 6.29 Å². The number of carbonyl (C=O) groups is 2. The lowest BCUT2D eigenvalue weighted by Crippen LogP contribution is -2.07. The Morgan fingerprint density at radius 2 is 1.92 bits per heavy atom. The normalized spacial score (nSPS) is 12.1. The fourth-order valence-electron chi connectivity index (χ4n) is 1.01. The van der Waals surface area contributed by atoms with Crippen LogP contribution < -0.4 is 0 Å². The third-order valence-electron chi connectivity index (χ3n) is 1.94. The monoisotopic (exact) mass is 178 g/mol. The second-order valence-electron chi connectivity index (χ2n) is 2.84. The molecule has 0 heterocycles. The van der Waals surface area contributed by atoms with Crippen molar-refractivity contribution in [3.8, 4) is 0 Å². The number of aldehydes is 1. The Bertz CT molecular complexity index is 313. The summed E-state index contributed by atoms with van der Waals surface area (Å²) in [5.74, 6) is -1.39. The molecule has 3 heteroatoms. The van der Waals surface area contributed by atoms with Crippen LogP contribution in [0.15, 0.2) is 24.3 Å². The molecule has 0 amide bonds. The van der Waals surface area contributed by atoms with Crippen LogP contribution in [0.25, 0.3) is 0 Å². The number of rotatable bonds is 3. The van der Waals surface area contributed by atoms with E-state index < -0.39 is 11.9 Å². The van der Waals surface area contributed by atoms with Crippen molar-refractivity contribution in [1.29, 1.82) is 0 Å². The van der Waals surface area contributed by atoms with Crippen molar-refractivity contribution in [3.05, 3.63) is 35.4 Å². The fourth-order valence-corrected chi connectivity index (χ4v) is 1.01. The number of hydrogen-bond acceptors (Lipinski definition) is 2. The zero-order valence-electron chi connectivity index (χ0n) is 7.23. The summed E-state index contributed by atoms with van der Waals surface area (Å²) in [5, 5.41) is 8.69. The van der Waals surface area contributed by atoms with E-state index in [9.17, 15) is 9.59 Å². The molecule has 68 valence electrons. The molecular weight excluding hydrogens is 168 g/mol. The van der Waals surface area contributed by atoms with Gasteiger partial charge in [0.2, 0.25) is 0 Å². The zero-order chi connectivity index (χ0) is 9.84. The molecule has 0 bridgehead atoms. The molecule has 1 rings (SSSR count). The Morgan fingerprint density at radius 3 is 2.31 bits per heavy atom. The highest BCUT2D eigenvalue weighted by molar-refractivity contribution is 5.77. The van der Waals surface area contributed by atoms with E-state index >= 15 is 0 Å². The predicted octanol–water partition coefficient (Wildman–Crippen LogP) is 1.69. The van der Waals surface area contributed by atoms with Crippen LogP contribution in [-0.4, -0.2) is 17.4 Å². The van der Waals surface area contributed by atoms with Gasteiger partial charge in [-0.05, 0) is 12.5 Å². The van der Waals surface area contributed by atoms with Crippen LogP contribution in [-0.2, 0) is 4.79 Å². The van der Waals surface area contributed by atoms with Gasteiger partial charge in [-0.2, -0.15) is 0 Å². The minimum Gasteiger partial charge on any atom is -0.481 e. The largest absolute Gasteiger partial charge is 0.481 e. The van der Waals surface area contributed by atoms with Gasteiger partial charge in [0.15, 0.2) is 0 Å². The van der Waals surface area contributed by atoms with E-state index in [0.717, 1.165) is 6.29 Å². The molecule has 1 aromatic rings. The fraction of sp³-hybridized carbons (Fsp3) is 0.200. The van der Waals surface area contributed by atoms with E-state index in [-0.39, 0.29) is 0 Å². The molecule has 1 N–H and O–H groups in total. The Labute approximate surface area is 76.0 Å². The molecule has 0 radical (unpaired) electrons. The lowest BCUT2D eigenvalue weighted by atomic mass is 10.0. The summed E-state index contributed by atoms with van der Waals surface area (Å²) in [6.45, 7) is 1.61. The van der Waals surface area contributed by atoms with Crippen LogP contribution in [0.3, 0.4) is 0 Å². The van der Waals surface area contributed by atoms with E-state index in [2.05, 4.69) is 0 Å². The quantitative estimate of drug-likeness (QED) is 0.716. The van der Waals surface area contributed by atoms with Gasteiger partial charge in [0, 0.05) is 5.56 Å².